The minimum atomic E-state index is -3.39. The Balaban J connectivity index is 2.77. The molecule has 1 unspecified atom stereocenters. The van der Waals surface area contributed by atoms with Gasteiger partial charge in [-0.1, -0.05) is 13.8 Å². The van der Waals surface area contributed by atoms with Gasteiger partial charge < -0.3 is 5.32 Å². The molecular weight excluding hydrogens is 312 g/mol. The average molecular weight is 337 g/mol. The normalized spacial score (nSPS) is 13.6. The number of sulfonamides is 1. The van der Waals surface area contributed by atoms with E-state index < -0.39 is 10.0 Å². The summed E-state index contributed by atoms with van der Waals surface area (Å²) in [6.07, 6.45) is 0. The molecule has 2 N–H and O–H groups in total. The second-order valence-corrected chi connectivity index (χ2v) is 9.03. The van der Waals surface area contributed by atoms with Gasteiger partial charge in [0.05, 0.1) is 0 Å². The summed E-state index contributed by atoms with van der Waals surface area (Å²) in [6, 6.07) is 1.71. The molecule has 0 aliphatic carbocycles. The Morgan fingerprint density at radius 1 is 1.40 bits per heavy atom. The molecule has 0 spiro atoms. The second kappa shape index (κ2) is 8.38. The molecule has 1 heterocycles. The Hall–Kier alpha value is -0.0800. The first kappa shape index (κ1) is 18.0. The molecule has 0 saturated carbocycles. The van der Waals surface area contributed by atoms with E-state index >= 15 is 0 Å². The van der Waals surface area contributed by atoms with Gasteiger partial charge >= 0.3 is 0 Å². The van der Waals surface area contributed by atoms with Crippen LogP contribution in [0.4, 0.5) is 0 Å². The summed E-state index contributed by atoms with van der Waals surface area (Å²) in [5.41, 5.74) is 1.03. The molecule has 0 saturated heterocycles. The molecule has 20 heavy (non-hydrogen) atoms. The maximum Gasteiger partial charge on any atom is 0.250 e. The minimum absolute atomic E-state index is 0.0513. The van der Waals surface area contributed by atoms with Crippen molar-refractivity contribution in [3.63, 3.8) is 0 Å². The zero-order valence-corrected chi connectivity index (χ0v) is 15.0. The Bertz CT molecular complexity index is 512. The molecule has 0 bridgehead atoms. The third-order valence-electron chi connectivity index (χ3n) is 2.73. The van der Waals surface area contributed by atoms with E-state index in [0.717, 1.165) is 35.0 Å². The van der Waals surface area contributed by atoms with Crippen molar-refractivity contribution in [2.45, 2.75) is 44.5 Å². The highest BCUT2D eigenvalue weighted by Gasteiger charge is 2.20. The highest BCUT2D eigenvalue weighted by atomic mass is 32.2. The van der Waals surface area contributed by atoms with Crippen molar-refractivity contribution in [1.82, 2.24) is 10.0 Å². The third kappa shape index (κ3) is 5.37. The van der Waals surface area contributed by atoms with E-state index in [2.05, 4.69) is 17.0 Å². The molecule has 116 valence electrons. The van der Waals surface area contributed by atoms with Crippen LogP contribution in [0.1, 0.15) is 31.2 Å². The van der Waals surface area contributed by atoms with Crippen LogP contribution in [0.25, 0.3) is 0 Å². The van der Waals surface area contributed by atoms with Crippen molar-refractivity contribution in [2.24, 2.45) is 0 Å². The summed E-state index contributed by atoms with van der Waals surface area (Å²) in [5.74, 6) is 1.79. The van der Waals surface area contributed by atoms with Crippen molar-refractivity contribution in [3.05, 3.63) is 16.5 Å². The lowest BCUT2D eigenvalue weighted by atomic mass is 10.3. The molecule has 4 nitrogen and oxygen atoms in total. The fourth-order valence-electron chi connectivity index (χ4n) is 1.69. The van der Waals surface area contributed by atoms with Crippen LogP contribution in [0, 0.1) is 6.92 Å². The second-order valence-electron chi connectivity index (χ2n) is 4.63. The molecule has 0 fully saturated rings. The Morgan fingerprint density at radius 3 is 2.70 bits per heavy atom. The van der Waals surface area contributed by atoms with Gasteiger partial charge in [-0.25, -0.2) is 13.1 Å². The predicted molar refractivity (Wildman–Crippen MR) is 89.2 cm³/mol. The van der Waals surface area contributed by atoms with Crippen LogP contribution in [0.2, 0.25) is 0 Å². The van der Waals surface area contributed by atoms with Crippen molar-refractivity contribution in [1.29, 1.82) is 0 Å². The van der Waals surface area contributed by atoms with E-state index in [1.807, 2.05) is 20.8 Å². The monoisotopic (exact) mass is 336 g/mol. The van der Waals surface area contributed by atoms with Crippen LogP contribution in [0.15, 0.2) is 10.3 Å². The first-order valence-electron chi connectivity index (χ1n) is 6.80. The number of rotatable bonds is 9. The molecule has 1 atom stereocenters. The summed E-state index contributed by atoms with van der Waals surface area (Å²) in [6.45, 7) is 9.57. The van der Waals surface area contributed by atoms with Crippen LogP contribution in [0.5, 0.6) is 0 Å². The quantitative estimate of drug-likeness (QED) is 0.728. The molecule has 1 aromatic heterocycles. The van der Waals surface area contributed by atoms with Crippen LogP contribution in [0.3, 0.4) is 0 Å². The summed E-state index contributed by atoms with van der Waals surface area (Å²) in [7, 11) is -3.39. The summed E-state index contributed by atoms with van der Waals surface area (Å²) >= 11 is 3.09. The van der Waals surface area contributed by atoms with E-state index in [1.165, 1.54) is 11.3 Å². The van der Waals surface area contributed by atoms with Gasteiger partial charge in [0.25, 0.3) is 0 Å². The Kier molecular flexibility index (Phi) is 7.53. The number of thioether (sulfide) groups is 1. The van der Waals surface area contributed by atoms with Crippen LogP contribution in [-0.2, 0) is 16.6 Å². The first-order valence-corrected chi connectivity index (χ1v) is 10.3. The molecule has 0 aromatic carbocycles. The van der Waals surface area contributed by atoms with E-state index in [4.69, 9.17) is 0 Å². The molecule has 1 rings (SSSR count). The lowest BCUT2D eigenvalue weighted by molar-refractivity contribution is 0.573. The zero-order valence-electron chi connectivity index (χ0n) is 12.5. The highest BCUT2D eigenvalue weighted by Crippen LogP contribution is 2.26. The topological polar surface area (TPSA) is 58.2 Å². The maximum absolute atomic E-state index is 12.3. The number of hydrogen-bond acceptors (Lipinski definition) is 5. The Labute approximate surface area is 130 Å². The van der Waals surface area contributed by atoms with E-state index in [1.54, 1.807) is 17.8 Å². The highest BCUT2D eigenvalue weighted by molar-refractivity contribution is 7.99. The molecule has 0 aliphatic heterocycles. The van der Waals surface area contributed by atoms with Gasteiger partial charge in [0, 0.05) is 23.2 Å². The van der Waals surface area contributed by atoms with Gasteiger partial charge in [-0.05, 0) is 37.8 Å². The molecule has 0 amide bonds. The van der Waals surface area contributed by atoms with Gasteiger partial charge in [0.15, 0.2) is 0 Å². The SMILES string of the molecule is CCNCc1sc(S(=O)(=O)NC(C)CSCC)cc1C. The number of hydrogen-bond donors (Lipinski definition) is 2. The zero-order chi connectivity index (χ0) is 15.2. The van der Waals surface area contributed by atoms with Crippen LogP contribution in [-0.4, -0.2) is 32.5 Å². The van der Waals surface area contributed by atoms with Gasteiger partial charge in [-0.3, -0.25) is 0 Å². The van der Waals surface area contributed by atoms with Gasteiger partial charge in [0.1, 0.15) is 4.21 Å². The predicted octanol–water partition coefficient (Wildman–Crippen LogP) is 2.59. The van der Waals surface area contributed by atoms with Gasteiger partial charge in [-0.15, -0.1) is 11.3 Å². The maximum atomic E-state index is 12.3. The fourth-order valence-corrected chi connectivity index (χ4v) is 5.28. The molecule has 7 heteroatoms. The van der Waals surface area contributed by atoms with Crippen LogP contribution >= 0.6 is 23.1 Å². The van der Waals surface area contributed by atoms with Crippen molar-refractivity contribution >= 4 is 33.1 Å². The van der Waals surface area contributed by atoms with E-state index in [0.29, 0.717) is 4.21 Å². The van der Waals surface area contributed by atoms with E-state index in [9.17, 15) is 8.42 Å². The van der Waals surface area contributed by atoms with Crippen molar-refractivity contribution < 1.29 is 8.42 Å². The minimum Gasteiger partial charge on any atom is -0.312 e. The summed E-state index contributed by atoms with van der Waals surface area (Å²) in [5, 5.41) is 3.23. The third-order valence-corrected chi connectivity index (χ3v) is 7.17. The standard InChI is InChI=1S/C13H24N2O2S3/c1-5-14-8-12-10(3)7-13(19-12)20(16,17)15-11(4)9-18-6-2/h7,11,14-15H,5-6,8-9H2,1-4H3. The molecule has 1 aromatic rings. The van der Waals surface area contributed by atoms with E-state index in [-0.39, 0.29) is 6.04 Å². The van der Waals surface area contributed by atoms with Crippen molar-refractivity contribution in [2.75, 3.05) is 18.1 Å². The summed E-state index contributed by atoms with van der Waals surface area (Å²) in [4.78, 5) is 1.09. The average Bonchev–Trinajstić information content (AvgIpc) is 2.75. The lowest BCUT2D eigenvalue weighted by Crippen LogP contribution is -2.33. The molecular formula is C13H24N2O2S3. The molecule has 0 radical (unpaired) electrons. The smallest absolute Gasteiger partial charge is 0.250 e. The fraction of sp³-hybridized carbons (Fsp3) is 0.692. The van der Waals surface area contributed by atoms with Gasteiger partial charge in [0.2, 0.25) is 10.0 Å². The largest absolute Gasteiger partial charge is 0.312 e. The number of nitrogens with one attached hydrogen (secondary N) is 2. The first-order chi connectivity index (χ1) is 9.40. The van der Waals surface area contributed by atoms with Gasteiger partial charge in [-0.2, -0.15) is 11.8 Å². The number of aryl methyl sites for hydroxylation is 1. The number of thiophene rings is 1. The molecule has 0 aliphatic rings. The van der Waals surface area contributed by atoms with Crippen LogP contribution < -0.4 is 10.0 Å². The summed E-state index contributed by atoms with van der Waals surface area (Å²) < 4.78 is 27.8. The van der Waals surface area contributed by atoms with Crippen molar-refractivity contribution in [3.8, 4) is 0 Å². The Morgan fingerprint density at radius 2 is 2.10 bits per heavy atom. The lowest BCUT2D eigenvalue weighted by Gasteiger charge is -2.12.